The molecule has 4 heteroatoms. The molecule has 0 saturated heterocycles. The summed E-state index contributed by atoms with van der Waals surface area (Å²) < 4.78 is 0. The Kier molecular flexibility index (Phi) is 2.92. The van der Waals surface area contributed by atoms with Crippen LogP contribution in [0.25, 0.3) is 0 Å². The summed E-state index contributed by atoms with van der Waals surface area (Å²) in [5, 5.41) is 1.89. The van der Waals surface area contributed by atoms with E-state index in [0.29, 0.717) is 5.69 Å². The molecule has 1 amide bonds. The first kappa shape index (κ1) is 10.7. The fraction of sp³-hybridized carbons (Fsp3) is 0.0833. The van der Waals surface area contributed by atoms with Gasteiger partial charge in [0.15, 0.2) is 0 Å². The third kappa shape index (κ3) is 2.06. The van der Waals surface area contributed by atoms with Gasteiger partial charge in [-0.2, -0.15) is 0 Å². The van der Waals surface area contributed by atoms with E-state index in [4.69, 9.17) is 5.73 Å². The summed E-state index contributed by atoms with van der Waals surface area (Å²) in [4.78, 5) is 14.3. The van der Waals surface area contributed by atoms with E-state index >= 15 is 0 Å². The molecule has 0 aliphatic carbocycles. The quantitative estimate of drug-likeness (QED) is 0.809. The number of thiophene rings is 1. The highest BCUT2D eigenvalue weighted by molar-refractivity contribution is 7.12. The second-order valence-electron chi connectivity index (χ2n) is 3.44. The van der Waals surface area contributed by atoms with E-state index in [1.54, 1.807) is 24.1 Å². The first-order chi connectivity index (χ1) is 7.68. The van der Waals surface area contributed by atoms with Crippen molar-refractivity contribution in [2.45, 2.75) is 0 Å². The van der Waals surface area contributed by atoms with Crippen LogP contribution in [0, 0.1) is 0 Å². The fourth-order valence-electron chi connectivity index (χ4n) is 1.42. The van der Waals surface area contributed by atoms with E-state index in [2.05, 4.69) is 0 Å². The Hall–Kier alpha value is -1.81. The van der Waals surface area contributed by atoms with Gasteiger partial charge in [-0.3, -0.25) is 4.79 Å². The van der Waals surface area contributed by atoms with Crippen LogP contribution in [0.3, 0.4) is 0 Å². The minimum absolute atomic E-state index is 0.0133. The average Bonchev–Trinajstić information content (AvgIpc) is 2.80. The molecule has 0 aliphatic rings. The topological polar surface area (TPSA) is 46.3 Å². The van der Waals surface area contributed by atoms with Gasteiger partial charge in [0.25, 0.3) is 5.91 Å². The number of hydrogen-bond donors (Lipinski definition) is 1. The maximum Gasteiger partial charge on any atom is 0.268 e. The Labute approximate surface area is 98.1 Å². The molecule has 3 nitrogen and oxygen atoms in total. The lowest BCUT2D eigenvalue weighted by Gasteiger charge is -2.16. The Morgan fingerprint density at radius 2 is 2.12 bits per heavy atom. The summed E-state index contributed by atoms with van der Waals surface area (Å²) >= 11 is 1.44. The van der Waals surface area contributed by atoms with Crippen LogP contribution in [-0.2, 0) is 0 Å². The molecule has 0 atom stereocenters. The zero-order valence-corrected chi connectivity index (χ0v) is 9.70. The first-order valence-electron chi connectivity index (χ1n) is 4.85. The minimum Gasteiger partial charge on any atom is -0.399 e. The normalized spacial score (nSPS) is 10.1. The molecule has 2 aromatic rings. The van der Waals surface area contributed by atoms with Crippen LogP contribution in [-0.4, -0.2) is 13.0 Å². The molecule has 1 aromatic carbocycles. The number of amides is 1. The smallest absolute Gasteiger partial charge is 0.268 e. The van der Waals surface area contributed by atoms with Crippen LogP contribution in [0.2, 0.25) is 0 Å². The molecule has 82 valence electrons. The summed E-state index contributed by atoms with van der Waals surface area (Å²) in [6, 6.07) is 11.0. The van der Waals surface area contributed by atoms with Gasteiger partial charge in [-0.1, -0.05) is 12.1 Å². The molecule has 0 radical (unpaired) electrons. The number of nitrogen functional groups attached to an aromatic ring is 1. The Morgan fingerprint density at radius 3 is 2.75 bits per heavy atom. The van der Waals surface area contributed by atoms with Gasteiger partial charge >= 0.3 is 0 Å². The predicted molar refractivity (Wildman–Crippen MR) is 67.9 cm³/mol. The van der Waals surface area contributed by atoms with E-state index in [-0.39, 0.29) is 5.91 Å². The highest BCUT2D eigenvalue weighted by Gasteiger charge is 2.13. The van der Waals surface area contributed by atoms with Gasteiger partial charge in [0.2, 0.25) is 0 Å². The van der Waals surface area contributed by atoms with E-state index in [0.717, 1.165) is 10.6 Å². The van der Waals surface area contributed by atoms with Crippen molar-refractivity contribution in [1.29, 1.82) is 0 Å². The zero-order chi connectivity index (χ0) is 11.5. The SMILES string of the molecule is CN(C(=O)c1cccs1)c1cccc(N)c1. The lowest BCUT2D eigenvalue weighted by molar-refractivity contribution is 0.0997. The van der Waals surface area contributed by atoms with Crippen molar-refractivity contribution in [1.82, 2.24) is 0 Å². The number of nitrogens with two attached hydrogens (primary N) is 1. The number of carbonyl (C=O) groups excluding carboxylic acids is 1. The number of hydrogen-bond acceptors (Lipinski definition) is 3. The van der Waals surface area contributed by atoms with Crippen LogP contribution in [0.15, 0.2) is 41.8 Å². The number of rotatable bonds is 2. The fourth-order valence-corrected chi connectivity index (χ4v) is 2.11. The summed E-state index contributed by atoms with van der Waals surface area (Å²) in [5.41, 5.74) is 7.14. The molecule has 0 bridgehead atoms. The molecule has 1 heterocycles. The molecular formula is C12H12N2OS. The van der Waals surface area contributed by atoms with E-state index < -0.39 is 0 Å². The maximum absolute atomic E-state index is 12.0. The van der Waals surface area contributed by atoms with Crippen LogP contribution < -0.4 is 10.6 Å². The average molecular weight is 232 g/mol. The van der Waals surface area contributed by atoms with Crippen LogP contribution >= 0.6 is 11.3 Å². The van der Waals surface area contributed by atoms with Crippen LogP contribution in [0.4, 0.5) is 11.4 Å². The van der Waals surface area contributed by atoms with Gasteiger partial charge in [-0.05, 0) is 29.6 Å². The second kappa shape index (κ2) is 4.37. The highest BCUT2D eigenvalue weighted by atomic mass is 32.1. The van der Waals surface area contributed by atoms with Crippen molar-refractivity contribution in [3.8, 4) is 0 Å². The van der Waals surface area contributed by atoms with E-state index in [9.17, 15) is 4.79 Å². The van der Waals surface area contributed by atoms with Crippen molar-refractivity contribution >= 4 is 28.6 Å². The van der Waals surface area contributed by atoms with E-state index in [1.165, 1.54) is 11.3 Å². The molecular weight excluding hydrogens is 220 g/mol. The van der Waals surface area contributed by atoms with Gasteiger partial charge in [0.1, 0.15) is 0 Å². The van der Waals surface area contributed by atoms with Gasteiger partial charge in [-0.15, -0.1) is 11.3 Å². The summed E-state index contributed by atoms with van der Waals surface area (Å²) in [6.45, 7) is 0. The van der Waals surface area contributed by atoms with Crippen LogP contribution in [0.5, 0.6) is 0 Å². The molecule has 2 N–H and O–H groups in total. The summed E-state index contributed by atoms with van der Waals surface area (Å²) in [6.07, 6.45) is 0. The third-order valence-corrected chi connectivity index (χ3v) is 3.15. The van der Waals surface area contributed by atoms with E-state index in [1.807, 2.05) is 29.6 Å². The summed E-state index contributed by atoms with van der Waals surface area (Å²) in [5.74, 6) is -0.0133. The van der Waals surface area contributed by atoms with Gasteiger partial charge in [0.05, 0.1) is 4.88 Å². The molecule has 0 saturated carbocycles. The third-order valence-electron chi connectivity index (χ3n) is 2.29. The molecule has 1 aromatic heterocycles. The maximum atomic E-state index is 12.0. The second-order valence-corrected chi connectivity index (χ2v) is 4.38. The number of anilines is 2. The number of carbonyl (C=O) groups is 1. The highest BCUT2D eigenvalue weighted by Crippen LogP contribution is 2.20. The Bertz CT molecular complexity index is 493. The lowest BCUT2D eigenvalue weighted by Crippen LogP contribution is -2.25. The monoisotopic (exact) mass is 232 g/mol. The van der Waals surface area contributed by atoms with Crippen molar-refractivity contribution < 1.29 is 4.79 Å². The lowest BCUT2D eigenvalue weighted by atomic mass is 10.2. The Morgan fingerprint density at radius 1 is 1.31 bits per heavy atom. The molecule has 0 spiro atoms. The van der Waals surface area contributed by atoms with Gasteiger partial charge in [0, 0.05) is 18.4 Å². The number of benzene rings is 1. The van der Waals surface area contributed by atoms with Crippen molar-refractivity contribution in [2.75, 3.05) is 17.7 Å². The molecule has 2 rings (SSSR count). The van der Waals surface area contributed by atoms with Gasteiger partial charge in [-0.25, -0.2) is 0 Å². The van der Waals surface area contributed by atoms with Gasteiger partial charge < -0.3 is 10.6 Å². The van der Waals surface area contributed by atoms with Crippen molar-refractivity contribution in [3.05, 3.63) is 46.7 Å². The molecule has 0 aliphatic heterocycles. The molecule has 0 fully saturated rings. The predicted octanol–water partition coefficient (Wildman–Crippen LogP) is 2.61. The standard InChI is InChI=1S/C12H12N2OS/c1-14(10-5-2-4-9(13)8-10)12(15)11-6-3-7-16-11/h2-8H,13H2,1H3. The summed E-state index contributed by atoms with van der Waals surface area (Å²) in [7, 11) is 1.75. The van der Waals surface area contributed by atoms with Crippen LogP contribution in [0.1, 0.15) is 9.67 Å². The van der Waals surface area contributed by atoms with Crippen molar-refractivity contribution in [2.24, 2.45) is 0 Å². The Balaban J connectivity index is 2.26. The molecule has 0 unspecified atom stereocenters. The minimum atomic E-state index is -0.0133. The molecule has 16 heavy (non-hydrogen) atoms. The largest absolute Gasteiger partial charge is 0.399 e. The number of nitrogens with zero attached hydrogens (tertiary/aromatic N) is 1. The first-order valence-corrected chi connectivity index (χ1v) is 5.73. The zero-order valence-electron chi connectivity index (χ0n) is 8.88. The van der Waals surface area contributed by atoms with Crippen molar-refractivity contribution in [3.63, 3.8) is 0 Å².